The summed E-state index contributed by atoms with van der Waals surface area (Å²) in [7, 11) is -1.42. The van der Waals surface area contributed by atoms with E-state index in [1.165, 1.54) is 14.7 Å². The molecule has 3 nitrogen and oxygen atoms in total. The van der Waals surface area contributed by atoms with Crippen LogP contribution in [0.25, 0.3) is 28.0 Å². The molecule has 0 fully saturated rings. The van der Waals surface area contributed by atoms with E-state index in [0.717, 1.165) is 27.9 Å². The zero-order valence-electron chi connectivity index (χ0n) is 18.4. The van der Waals surface area contributed by atoms with Crippen LogP contribution in [0, 0.1) is 0 Å². The fourth-order valence-corrected chi connectivity index (χ4v) is 8.17. The van der Waals surface area contributed by atoms with Crippen molar-refractivity contribution in [2.24, 2.45) is 0 Å². The van der Waals surface area contributed by atoms with Gasteiger partial charge < -0.3 is 4.42 Å². The number of hydrogen-bond donors (Lipinski definition) is 0. The van der Waals surface area contributed by atoms with Gasteiger partial charge in [-0.2, -0.15) is 15.0 Å². The fourth-order valence-electron chi connectivity index (χ4n) is 4.49. The van der Waals surface area contributed by atoms with Crippen LogP contribution >= 0.6 is 10.0 Å². The van der Waals surface area contributed by atoms with E-state index in [0.29, 0.717) is 5.84 Å². The number of rotatable bonds is 6. The Labute approximate surface area is 189 Å². The average molecular weight is 439 g/mol. The van der Waals surface area contributed by atoms with Gasteiger partial charge in [0.05, 0.1) is 16.6 Å². The Kier molecular flexibility index (Phi) is 5.24. The highest BCUT2D eigenvalue weighted by atomic mass is 32.3. The summed E-state index contributed by atoms with van der Waals surface area (Å²) in [6, 6.07) is 25.7. The van der Waals surface area contributed by atoms with Crippen LogP contribution in [0.5, 0.6) is 0 Å². The van der Waals surface area contributed by atoms with Crippen molar-refractivity contribution in [3.63, 3.8) is 0 Å². The van der Waals surface area contributed by atoms with Gasteiger partial charge in [-0.05, 0) is 64.9 Å². The quantitative estimate of drug-likeness (QED) is 0.251. The number of para-hydroxylation sites is 2. The van der Waals surface area contributed by atoms with E-state index in [9.17, 15) is 0 Å². The van der Waals surface area contributed by atoms with Crippen molar-refractivity contribution in [3.05, 3.63) is 109 Å². The van der Waals surface area contributed by atoms with E-state index in [1.54, 1.807) is 0 Å². The van der Waals surface area contributed by atoms with Gasteiger partial charge in [-0.15, -0.1) is 0 Å². The summed E-state index contributed by atoms with van der Waals surface area (Å²) in [6.07, 6.45) is 8.11. The number of aromatic nitrogens is 2. The molecule has 5 aromatic rings. The van der Waals surface area contributed by atoms with Crippen molar-refractivity contribution >= 4 is 38.0 Å². The van der Waals surface area contributed by atoms with Crippen LogP contribution in [0.1, 0.15) is 13.8 Å². The molecule has 5 rings (SSSR count). The summed E-state index contributed by atoms with van der Waals surface area (Å²) in [5, 5.41) is 0. The molecule has 2 aromatic heterocycles. The van der Waals surface area contributed by atoms with Gasteiger partial charge in [0.25, 0.3) is 0 Å². The molecule has 0 aliphatic heterocycles. The van der Waals surface area contributed by atoms with Crippen LogP contribution in [-0.2, 0) is 0 Å². The average Bonchev–Trinajstić information content (AvgIpc) is 3.36. The number of hydrogen-bond acceptors (Lipinski definition) is 2. The molecule has 32 heavy (non-hydrogen) atoms. The van der Waals surface area contributed by atoms with Crippen molar-refractivity contribution in [2.75, 3.05) is 5.75 Å². The van der Waals surface area contributed by atoms with Gasteiger partial charge in [-0.3, -0.25) is 4.40 Å². The van der Waals surface area contributed by atoms with Crippen LogP contribution in [-0.4, -0.2) is 15.1 Å². The van der Waals surface area contributed by atoms with Crippen LogP contribution < -0.4 is 0 Å². The molecule has 0 N–H and O–H groups in total. The minimum absolute atomic E-state index is 0.635. The Hall–Kier alpha value is -3.50. The van der Waals surface area contributed by atoms with Gasteiger partial charge in [0.15, 0.2) is 5.58 Å². The lowest BCUT2D eigenvalue weighted by Gasteiger charge is -2.41. The molecule has 0 aliphatic rings. The molecule has 4 heteroatoms. The fraction of sp³-hybridized carbons (Fsp3) is 0.107. The SMILES string of the molecule is C=C/C=C\C=C(/C)S(CC)(c1ccccc1)c1ccc2nc3oc4ccccc4n3c2c1. The topological polar surface area (TPSA) is 30.4 Å². The van der Waals surface area contributed by atoms with Crippen molar-refractivity contribution in [3.8, 4) is 0 Å². The van der Waals surface area contributed by atoms with Gasteiger partial charge in [-0.1, -0.05) is 68.1 Å². The predicted molar refractivity (Wildman–Crippen MR) is 137 cm³/mol. The molecule has 0 saturated carbocycles. The largest absolute Gasteiger partial charge is 0.423 e. The van der Waals surface area contributed by atoms with Crippen molar-refractivity contribution in [2.45, 2.75) is 23.6 Å². The maximum atomic E-state index is 6.02. The molecule has 1 atom stereocenters. The minimum atomic E-state index is -1.42. The molecule has 0 radical (unpaired) electrons. The first-order valence-corrected chi connectivity index (χ1v) is 12.6. The van der Waals surface area contributed by atoms with Crippen LogP contribution in [0.2, 0.25) is 0 Å². The molecule has 0 saturated heterocycles. The number of allylic oxidation sites excluding steroid dienone is 5. The maximum absolute atomic E-state index is 6.02. The summed E-state index contributed by atoms with van der Waals surface area (Å²) < 4.78 is 8.15. The van der Waals surface area contributed by atoms with Crippen LogP contribution in [0.15, 0.2) is 123 Å². The molecule has 2 heterocycles. The van der Waals surface area contributed by atoms with Gasteiger partial charge in [0, 0.05) is 4.90 Å². The van der Waals surface area contributed by atoms with Crippen molar-refractivity contribution in [1.82, 2.24) is 9.38 Å². The third-order valence-electron chi connectivity index (χ3n) is 6.01. The molecule has 0 spiro atoms. The van der Waals surface area contributed by atoms with Gasteiger partial charge in [0.2, 0.25) is 0 Å². The lowest BCUT2D eigenvalue weighted by Crippen LogP contribution is -2.07. The highest BCUT2D eigenvalue weighted by molar-refractivity contribution is 8.36. The second kappa shape index (κ2) is 8.21. The maximum Gasteiger partial charge on any atom is 0.307 e. The van der Waals surface area contributed by atoms with Gasteiger partial charge in [-0.25, -0.2) is 0 Å². The van der Waals surface area contributed by atoms with Gasteiger partial charge in [0.1, 0.15) is 0 Å². The molecule has 3 aromatic carbocycles. The van der Waals surface area contributed by atoms with Crippen molar-refractivity contribution in [1.29, 1.82) is 0 Å². The predicted octanol–water partition coefficient (Wildman–Crippen LogP) is 8.12. The zero-order valence-corrected chi connectivity index (χ0v) is 19.2. The van der Waals surface area contributed by atoms with Crippen LogP contribution in [0.4, 0.5) is 0 Å². The van der Waals surface area contributed by atoms with E-state index in [2.05, 4.69) is 91.6 Å². The molecule has 0 bridgehead atoms. The number of nitrogens with zero attached hydrogens (tertiary/aromatic N) is 2. The summed E-state index contributed by atoms with van der Waals surface area (Å²) in [5.41, 5.74) is 3.92. The normalized spacial score (nSPS) is 15.5. The summed E-state index contributed by atoms with van der Waals surface area (Å²) in [5.74, 6) is 1.65. The molecule has 160 valence electrons. The standard InChI is InChI=1S/C28H26N2OS/c1-4-6-8-13-21(3)32(5-2,22-14-9-7-10-15-22)23-18-19-24-26(20-23)30-25-16-11-12-17-27(25)31-28(30)29-24/h4,6-20H,1,5H2,2-3H3/b8-6-,21-13+. The summed E-state index contributed by atoms with van der Waals surface area (Å²) in [6.45, 7) is 8.35. The van der Waals surface area contributed by atoms with Crippen molar-refractivity contribution < 1.29 is 4.42 Å². The second-order valence-corrected chi connectivity index (χ2v) is 11.3. The molecular formula is C28H26N2OS. The number of benzene rings is 3. The smallest absolute Gasteiger partial charge is 0.307 e. The minimum Gasteiger partial charge on any atom is -0.423 e. The molecular weight excluding hydrogens is 412 g/mol. The molecule has 1 unspecified atom stereocenters. The second-order valence-electron chi connectivity index (χ2n) is 7.69. The summed E-state index contributed by atoms with van der Waals surface area (Å²) >= 11 is 0. The first-order valence-electron chi connectivity index (χ1n) is 10.8. The first-order chi connectivity index (χ1) is 15.7. The Bertz CT molecular complexity index is 1490. The Morgan fingerprint density at radius 2 is 1.75 bits per heavy atom. The Morgan fingerprint density at radius 1 is 0.969 bits per heavy atom. The van der Waals surface area contributed by atoms with E-state index in [4.69, 9.17) is 9.40 Å². The highest BCUT2D eigenvalue weighted by Gasteiger charge is 2.29. The zero-order chi connectivity index (χ0) is 22.1. The number of fused-ring (bicyclic) bond motifs is 5. The lowest BCUT2D eigenvalue weighted by molar-refractivity contribution is 0.643. The first kappa shape index (κ1) is 20.4. The Balaban J connectivity index is 1.81. The van der Waals surface area contributed by atoms with E-state index in [-0.39, 0.29) is 0 Å². The van der Waals surface area contributed by atoms with Crippen LogP contribution in [0.3, 0.4) is 0 Å². The third-order valence-corrected chi connectivity index (χ3v) is 10.2. The van der Waals surface area contributed by atoms with Gasteiger partial charge >= 0.3 is 5.84 Å². The number of imidazole rings is 1. The number of oxazole rings is 1. The monoisotopic (exact) mass is 438 g/mol. The molecule has 0 amide bonds. The highest BCUT2D eigenvalue weighted by Crippen LogP contribution is 2.68. The lowest BCUT2D eigenvalue weighted by atomic mass is 10.3. The summed E-state index contributed by atoms with van der Waals surface area (Å²) in [4.78, 5) is 8.80. The van der Waals surface area contributed by atoms with E-state index in [1.807, 2.05) is 30.4 Å². The Morgan fingerprint density at radius 3 is 2.53 bits per heavy atom. The van der Waals surface area contributed by atoms with E-state index < -0.39 is 10.0 Å². The van der Waals surface area contributed by atoms with E-state index >= 15 is 0 Å². The third kappa shape index (κ3) is 3.10. The molecule has 0 aliphatic carbocycles.